The van der Waals surface area contributed by atoms with Crippen molar-refractivity contribution in [2.24, 2.45) is 28.6 Å². The first-order chi connectivity index (χ1) is 27.8. The molecule has 0 radical (unpaired) electrons. The van der Waals surface area contributed by atoms with Crippen LogP contribution in [0.1, 0.15) is 91.0 Å². The third kappa shape index (κ3) is 5.16. The summed E-state index contributed by atoms with van der Waals surface area (Å²) < 4.78 is 26.1. The maximum atomic E-state index is 12.6. The molecule has 3 spiro atoms. The van der Waals surface area contributed by atoms with Gasteiger partial charge in [0.25, 0.3) is 0 Å². The molecular formula is C44H54N2O12. The topological polar surface area (TPSA) is 216 Å². The minimum atomic E-state index is -1.75. The zero-order valence-electron chi connectivity index (χ0n) is 33.0. The predicted molar refractivity (Wildman–Crippen MR) is 207 cm³/mol. The largest absolute Gasteiger partial charge is 0.506 e. The lowest BCUT2D eigenvalue weighted by Gasteiger charge is -2.72. The number of carbonyl (C=O) groups excluding carboxylic acids is 1. The molecule has 0 aromatic heterocycles. The Morgan fingerprint density at radius 2 is 1.95 bits per heavy atom. The molecule has 10 rings (SSSR count). The molecule has 2 aromatic rings. The molecule has 58 heavy (non-hydrogen) atoms. The number of nitrogens with one attached hydrogen (secondary N) is 2. The van der Waals surface area contributed by atoms with Crippen LogP contribution in [-0.2, 0) is 14.2 Å². The number of carboxylic acid groups (broad SMARTS) is 1. The highest BCUT2D eigenvalue weighted by Gasteiger charge is 2.74. The van der Waals surface area contributed by atoms with Crippen molar-refractivity contribution >= 4 is 22.5 Å². The summed E-state index contributed by atoms with van der Waals surface area (Å²) in [6.45, 7) is 3.78. The number of aliphatic hydroxyl groups is 4. The number of carbonyl (C=O) groups is 2. The number of carboxylic acids is 1. The number of benzene rings is 2. The number of Topliss-reactive ketones (excluding diaryl/α,β-unsaturated/α-hetero) is 1. The molecule has 4 aliphatic carbocycles. The fourth-order valence-corrected chi connectivity index (χ4v) is 13.9. The van der Waals surface area contributed by atoms with Crippen LogP contribution in [-0.4, -0.2) is 117 Å². The highest BCUT2D eigenvalue weighted by atomic mass is 16.7. The Kier molecular flexibility index (Phi) is 9.04. The number of aryl methyl sites for hydroxylation is 1. The molecule has 4 heterocycles. The first kappa shape index (κ1) is 38.7. The van der Waals surface area contributed by atoms with Crippen LogP contribution in [0.15, 0.2) is 41.0 Å². The second-order valence-corrected chi connectivity index (χ2v) is 18.7. The first-order valence-corrected chi connectivity index (χ1v) is 20.9. The Hall–Kier alpha value is -3.44. The summed E-state index contributed by atoms with van der Waals surface area (Å²) in [5.74, 6) is -2.08. The van der Waals surface area contributed by atoms with E-state index < -0.39 is 59.9 Å². The van der Waals surface area contributed by atoms with E-state index in [2.05, 4.69) is 16.9 Å². The lowest BCUT2D eigenvalue weighted by Crippen LogP contribution is -2.81. The van der Waals surface area contributed by atoms with Crippen molar-refractivity contribution in [3.63, 3.8) is 0 Å². The van der Waals surface area contributed by atoms with Crippen molar-refractivity contribution in [3.8, 4) is 11.5 Å². The van der Waals surface area contributed by atoms with Crippen molar-refractivity contribution < 1.29 is 59.2 Å². The molecule has 2 bridgehead atoms. The van der Waals surface area contributed by atoms with Gasteiger partial charge in [-0.15, -0.1) is 0 Å². The third-order valence-electron chi connectivity index (χ3n) is 15.9. The van der Waals surface area contributed by atoms with E-state index in [4.69, 9.17) is 18.9 Å². The van der Waals surface area contributed by atoms with Gasteiger partial charge in [-0.2, -0.15) is 0 Å². The molecule has 312 valence electrons. The van der Waals surface area contributed by atoms with Gasteiger partial charge in [0.05, 0.1) is 36.3 Å². The first-order valence-electron chi connectivity index (χ1n) is 20.9. The van der Waals surface area contributed by atoms with Crippen LogP contribution in [0.5, 0.6) is 11.5 Å². The lowest BCUT2D eigenvalue weighted by atomic mass is 9.39. The number of aliphatic hydroxyl groups excluding tert-OH is 4. The van der Waals surface area contributed by atoms with Crippen LogP contribution in [0.4, 0.5) is 0 Å². The number of allylic oxidation sites excluding steroid dienone is 1. The van der Waals surface area contributed by atoms with E-state index >= 15 is 0 Å². The van der Waals surface area contributed by atoms with Gasteiger partial charge in [-0.1, -0.05) is 18.6 Å². The molecule has 4 aliphatic heterocycles. The van der Waals surface area contributed by atoms with E-state index in [0.717, 1.165) is 44.1 Å². The Morgan fingerprint density at radius 1 is 1.12 bits per heavy atom. The van der Waals surface area contributed by atoms with Gasteiger partial charge in [0.2, 0.25) is 6.29 Å². The van der Waals surface area contributed by atoms with Gasteiger partial charge in [-0.3, -0.25) is 15.6 Å². The highest BCUT2D eigenvalue weighted by molar-refractivity contribution is 6.08. The summed E-state index contributed by atoms with van der Waals surface area (Å²) in [5, 5.41) is 67.6. The Labute approximate surface area is 336 Å². The fraction of sp³-hybridized carbons (Fsp3) is 0.636. The third-order valence-corrected chi connectivity index (χ3v) is 15.9. The molecule has 0 amide bonds. The average molecular weight is 803 g/mol. The number of rotatable bonds is 8. The summed E-state index contributed by atoms with van der Waals surface area (Å²) in [7, 11) is 0. The summed E-state index contributed by atoms with van der Waals surface area (Å²) >= 11 is 0. The second-order valence-electron chi connectivity index (χ2n) is 18.7. The predicted octanol–water partition coefficient (Wildman–Crippen LogP) is 3.19. The van der Waals surface area contributed by atoms with E-state index in [1.165, 1.54) is 30.2 Å². The smallest absolute Gasteiger partial charge is 0.335 e. The van der Waals surface area contributed by atoms with E-state index in [0.29, 0.717) is 37.7 Å². The van der Waals surface area contributed by atoms with Crippen molar-refractivity contribution in [3.05, 3.63) is 57.7 Å². The van der Waals surface area contributed by atoms with Crippen molar-refractivity contribution in [1.29, 1.82) is 0 Å². The van der Waals surface area contributed by atoms with E-state index in [1.54, 1.807) is 13.0 Å². The van der Waals surface area contributed by atoms with Gasteiger partial charge in [-0.05, 0) is 122 Å². The van der Waals surface area contributed by atoms with Crippen LogP contribution in [0, 0.1) is 35.5 Å². The molecule has 8 aliphatic rings. The van der Waals surface area contributed by atoms with Crippen LogP contribution >= 0.6 is 0 Å². The summed E-state index contributed by atoms with van der Waals surface area (Å²) in [6, 6.07) is 4.44. The number of aromatic carboxylic acids is 1. The monoisotopic (exact) mass is 802 g/mol. The molecule has 2 aromatic carbocycles. The molecular weight excluding hydrogens is 748 g/mol. The zero-order valence-corrected chi connectivity index (χ0v) is 33.0. The van der Waals surface area contributed by atoms with E-state index in [9.17, 15) is 40.2 Å². The molecule has 14 heteroatoms. The minimum absolute atomic E-state index is 0.0387. The number of ether oxygens (including phenoxy) is 4. The van der Waals surface area contributed by atoms with Crippen LogP contribution in [0.3, 0.4) is 0 Å². The SMILES string of the molecule is CC(=O)c1c(C)cc2cc(C(=O)O)cc(O[C@H]3O[C@H](CO)[C@@]4(C[C@H]5C6=C(CC=C6[C@@]6(CCCO)COC[C@@H]7C[C@]89CCC[C@H]8NN[C@]5(C9)[C@@H]76)CO4)[C@H](O)[C@H]3O)c2c1O. The molecule has 3 saturated carbocycles. The van der Waals surface area contributed by atoms with E-state index in [-0.39, 0.29) is 75.9 Å². The van der Waals surface area contributed by atoms with Gasteiger partial charge in [0.1, 0.15) is 35.4 Å². The number of hydrogen-bond acceptors (Lipinski definition) is 13. The number of phenols is 1. The number of fused-ring (bicyclic) bond motifs is 2. The second kappa shape index (κ2) is 13.5. The van der Waals surface area contributed by atoms with Crippen LogP contribution in [0.25, 0.3) is 10.8 Å². The zero-order chi connectivity index (χ0) is 40.5. The Balaban J connectivity index is 1.06. The normalized spacial score (nSPS) is 41.1. The summed E-state index contributed by atoms with van der Waals surface area (Å²) in [6.07, 6.45) is 3.69. The van der Waals surface area contributed by atoms with Crippen molar-refractivity contribution in [1.82, 2.24) is 10.9 Å². The van der Waals surface area contributed by atoms with Gasteiger partial charge < -0.3 is 49.6 Å². The summed E-state index contributed by atoms with van der Waals surface area (Å²) in [4.78, 5) is 24.8. The Bertz CT molecular complexity index is 2150. The Morgan fingerprint density at radius 3 is 2.71 bits per heavy atom. The standard InChI is InChI=1S/C44H54N2O12/c1-21-11-24-12-25(39(53)54)13-29(34(24)35(50)32(21)22(2)49)57-40-36(51)38(52)44(31(16-48)58-40)15-28-33-23(18-56-44)6-7-27(33)42(9-4-10-47)20-55-17-26-14-41-8-3-5-30(41)45-46-43(28,19-41)37(26)42/h7,11-13,26,28,30-31,36-38,40,45-48,50-52H,3-6,8-10,14-20H2,1-2H3,(H,53,54)/t26-,28-,30+,31+,36+,37-,38+,40-,41-,42+,43-,44-/m0/s1. The number of ketones is 1. The van der Waals surface area contributed by atoms with Gasteiger partial charge in [-0.25, -0.2) is 4.79 Å². The molecule has 8 N–H and O–H groups in total. The maximum absolute atomic E-state index is 12.6. The number of hydrazine groups is 1. The van der Waals surface area contributed by atoms with Gasteiger partial charge in [0, 0.05) is 36.1 Å². The van der Waals surface area contributed by atoms with Crippen molar-refractivity contribution in [2.45, 2.75) is 113 Å². The lowest BCUT2D eigenvalue weighted by molar-refractivity contribution is -0.327. The average Bonchev–Trinajstić information content (AvgIpc) is 3.76. The quantitative estimate of drug-likeness (QED) is 0.180. The molecule has 6 fully saturated rings. The van der Waals surface area contributed by atoms with Crippen LogP contribution in [0.2, 0.25) is 0 Å². The number of phenolic OH excluding ortho intramolecular Hbond substituents is 1. The number of hydrogen-bond donors (Lipinski definition) is 8. The minimum Gasteiger partial charge on any atom is -0.506 e. The fourth-order valence-electron chi connectivity index (χ4n) is 13.9. The molecule has 12 atom stereocenters. The highest BCUT2D eigenvalue weighted by Crippen LogP contribution is 2.72. The van der Waals surface area contributed by atoms with E-state index in [1.807, 2.05) is 0 Å². The van der Waals surface area contributed by atoms with Gasteiger partial charge in [0.15, 0.2) is 5.78 Å². The molecule has 0 unspecified atom stereocenters. The number of aromatic hydroxyl groups is 1. The summed E-state index contributed by atoms with van der Waals surface area (Å²) in [5.41, 5.74) is 9.24. The van der Waals surface area contributed by atoms with Crippen LogP contribution < -0.4 is 15.6 Å². The molecule has 14 nitrogen and oxygen atoms in total. The maximum Gasteiger partial charge on any atom is 0.335 e. The molecule has 3 saturated heterocycles. The van der Waals surface area contributed by atoms with Gasteiger partial charge >= 0.3 is 5.97 Å². The van der Waals surface area contributed by atoms with Crippen molar-refractivity contribution in [2.75, 3.05) is 33.0 Å².